The van der Waals surface area contributed by atoms with Crippen molar-refractivity contribution in [2.45, 2.75) is 11.8 Å². The van der Waals surface area contributed by atoms with Gasteiger partial charge in [-0.1, -0.05) is 24.3 Å². The number of nitriles is 1. The summed E-state index contributed by atoms with van der Waals surface area (Å²) in [5.41, 5.74) is 2.21. The Balaban J connectivity index is 1.66. The van der Waals surface area contributed by atoms with Gasteiger partial charge in [-0.2, -0.15) is 9.57 Å². The number of thiocarbonyl (C=S) groups is 1. The lowest BCUT2D eigenvalue weighted by Gasteiger charge is -2.35. The van der Waals surface area contributed by atoms with Crippen LogP contribution in [0, 0.1) is 18.3 Å². The number of aryl methyl sites for hydroxylation is 1. The molecule has 0 aliphatic carbocycles. The van der Waals surface area contributed by atoms with E-state index in [2.05, 4.69) is 5.32 Å². The highest BCUT2D eigenvalue weighted by molar-refractivity contribution is 7.89. The average Bonchev–Trinajstić information content (AvgIpc) is 2.68. The van der Waals surface area contributed by atoms with Crippen molar-refractivity contribution in [3.05, 3.63) is 59.7 Å². The number of rotatable bonds is 3. The summed E-state index contributed by atoms with van der Waals surface area (Å²) in [6, 6.07) is 16.2. The van der Waals surface area contributed by atoms with Gasteiger partial charge in [0.2, 0.25) is 10.0 Å². The molecule has 1 fully saturated rings. The molecule has 1 heterocycles. The number of benzene rings is 2. The predicted octanol–water partition coefficient (Wildman–Crippen LogP) is 2.57. The summed E-state index contributed by atoms with van der Waals surface area (Å²) in [5.74, 6) is 0. The summed E-state index contributed by atoms with van der Waals surface area (Å²) in [4.78, 5) is 2.02. The van der Waals surface area contributed by atoms with Gasteiger partial charge < -0.3 is 10.2 Å². The Hall–Kier alpha value is -2.47. The van der Waals surface area contributed by atoms with Crippen molar-refractivity contribution in [1.29, 1.82) is 5.26 Å². The van der Waals surface area contributed by atoms with E-state index in [1.807, 2.05) is 42.2 Å². The summed E-state index contributed by atoms with van der Waals surface area (Å²) in [5, 5.41) is 13.0. The molecule has 1 saturated heterocycles. The highest BCUT2D eigenvalue weighted by Gasteiger charge is 2.30. The molecule has 1 aliphatic rings. The van der Waals surface area contributed by atoms with Crippen molar-refractivity contribution in [3.8, 4) is 6.07 Å². The maximum Gasteiger partial charge on any atom is 0.244 e. The third kappa shape index (κ3) is 4.27. The van der Waals surface area contributed by atoms with Crippen molar-refractivity contribution in [2.75, 3.05) is 31.5 Å². The van der Waals surface area contributed by atoms with Gasteiger partial charge in [0.1, 0.15) is 6.07 Å². The minimum atomic E-state index is -3.70. The second kappa shape index (κ2) is 8.05. The number of hydrogen-bond donors (Lipinski definition) is 1. The molecule has 2 aromatic rings. The molecule has 0 amide bonds. The van der Waals surface area contributed by atoms with Crippen LogP contribution in [0.4, 0.5) is 5.69 Å². The summed E-state index contributed by atoms with van der Waals surface area (Å²) in [7, 11) is -3.70. The van der Waals surface area contributed by atoms with Crippen molar-refractivity contribution >= 4 is 33.0 Å². The van der Waals surface area contributed by atoms with E-state index in [4.69, 9.17) is 12.2 Å². The molecule has 6 nitrogen and oxygen atoms in total. The molecular weight excluding hydrogens is 380 g/mol. The van der Waals surface area contributed by atoms with E-state index in [0.29, 0.717) is 31.3 Å². The van der Waals surface area contributed by atoms with Gasteiger partial charge in [0, 0.05) is 31.9 Å². The molecule has 27 heavy (non-hydrogen) atoms. The number of hydrogen-bond acceptors (Lipinski definition) is 4. The van der Waals surface area contributed by atoms with E-state index in [-0.39, 0.29) is 10.5 Å². The van der Waals surface area contributed by atoms with Crippen molar-refractivity contribution < 1.29 is 8.42 Å². The van der Waals surface area contributed by atoms with Gasteiger partial charge in [-0.25, -0.2) is 8.42 Å². The van der Waals surface area contributed by atoms with Crippen molar-refractivity contribution in [2.24, 2.45) is 0 Å². The van der Waals surface area contributed by atoms with E-state index in [9.17, 15) is 13.7 Å². The first kappa shape index (κ1) is 19.3. The highest BCUT2D eigenvalue weighted by atomic mass is 32.2. The van der Waals surface area contributed by atoms with Gasteiger partial charge in [0.25, 0.3) is 0 Å². The molecule has 0 unspecified atom stereocenters. The molecule has 0 aromatic heterocycles. The van der Waals surface area contributed by atoms with Crippen LogP contribution in [0.5, 0.6) is 0 Å². The van der Waals surface area contributed by atoms with Gasteiger partial charge in [-0.3, -0.25) is 0 Å². The van der Waals surface area contributed by atoms with Gasteiger partial charge in [0.05, 0.1) is 10.5 Å². The quantitative estimate of drug-likeness (QED) is 0.798. The Bertz CT molecular complexity index is 991. The maximum absolute atomic E-state index is 12.9. The lowest BCUT2D eigenvalue weighted by atomic mass is 10.2. The Labute approximate surface area is 165 Å². The smallest absolute Gasteiger partial charge is 0.244 e. The Morgan fingerprint density at radius 1 is 1.11 bits per heavy atom. The van der Waals surface area contributed by atoms with Crippen molar-refractivity contribution in [1.82, 2.24) is 9.21 Å². The SMILES string of the molecule is Cc1cccc(NC(=S)N2CCN(S(=O)(=O)c3ccccc3C#N)CC2)c1. The first-order valence-corrected chi connectivity index (χ1v) is 10.4. The summed E-state index contributed by atoms with van der Waals surface area (Å²) >= 11 is 5.47. The molecule has 0 saturated carbocycles. The first-order chi connectivity index (χ1) is 12.9. The van der Waals surface area contributed by atoms with Gasteiger partial charge in [0.15, 0.2) is 5.11 Å². The normalized spacial score (nSPS) is 15.2. The standard InChI is InChI=1S/C19H20N4O2S2/c1-15-5-4-7-17(13-15)21-19(26)22-9-11-23(12-10-22)27(24,25)18-8-3-2-6-16(18)14-20/h2-8,13H,9-12H2,1H3,(H,21,26). The molecule has 0 atom stereocenters. The number of nitrogens with zero attached hydrogens (tertiary/aromatic N) is 3. The molecular formula is C19H20N4O2S2. The Morgan fingerprint density at radius 2 is 1.81 bits per heavy atom. The average molecular weight is 401 g/mol. The maximum atomic E-state index is 12.9. The van der Waals surface area contributed by atoms with E-state index < -0.39 is 10.0 Å². The minimum Gasteiger partial charge on any atom is -0.346 e. The van der Waals surface area contributed by atoms with Crippen LogP contribution in [0.3, 0.4) is 0 Å². The zero-order valence-electron chi connectivity index (χ0n) is 14.9. The fourth-order valence-electron chi connectivity index (χ4n) is 2.98. The molecule has 0 bridgehead atoms. The fourth-order valence-corrected chi connectivity index (χ4v) is 4.84. The number of nitrogens with one attached hydrogen (secondary N) is 1. The summed E-state index contributed by atoms with van der Waals surface area (Å²) in [6.07, 6.45) is 0. The molecule has 140 valence electrons. The second-order valence-electron chi connectivity index (χ2n) is 6.30. The zero-order chi connectivity index (χ0) is 19.4. The largest absolute Gasteiger partial charge is 0.346 e. The van der Waals surface area contributed by atoms with E-state index in [1.165, 1.54) is 16.4 Å². The molecule has 8 heteroatoms. The van der Waals surface area contributed by atoms with Crippen LogP contribution < -0.4 is 5.32 Å². The van der Waals surface area contributed by atoms with Crippen molar-refractivity contribution in [3.63, 3.8) is 0 Å². The highest BCUT2D eigenvalue weighted by Crippen LogP contribution is 2.21. The van der Waals surface area contributed by atoms with Crippen LogP contribution in [-0.2, 0) is 10.0 Å². The molecule has 0 radical (unpaired) electrons. The minimum absolute atomic E-state index is 0.0569. The third-order valence-corrected chi connectivity index (χ3v) is 6.74. The second-order valence-corrected chi connectivity index (χ2v) is 8.59. The molecule has 0 spiro atoms. The zero-order valence-corrected chi connectivity index (χ0v) is 16.6. The van der Waals surface area contributed by atoms with Crippen LogP contribution >= 0.6 is 12.2 Å². The topological polar surface area (TPSA) is 76.4 Å². The summed E-state index contributed by atoms with van der Waals surface area (Å²) in [6.45, 7) is 3.63. The number of piperazine rings is 1. The van der Waals surface area contributed by atoms with Crippen LogP contribution in [0.25, 0.3) is 0 Å². The molecule has 3 rings (SSSR count). The number of anilines is 1. The van der Waals surface area contributed by atoms with E-state index in [1.54, 1.807) is 12.1 Å². The number of sulfonamides is 1. The third-order valence-electron chi connectivity index (χ3n) is 4.42. The lowest BCUT2D eigenvalue weighted by Crippen LogP contribution is -2.51. The predicted molar refractivity (Wildman–Crippen MR) is 109 cm³/mol. The van der Waals surface area contributed by atoms with Gasteiger partial charge >= 0.3 is 0 Å². The van der Waals surface area contributed by atoms with Gasteiger partial charge in [-0.05, 0) is 49.0 Å². The molecule has 1 N–H and O–H groups in total. The van der Waals surface area contributed by atoms with Crippen LogP contribution in [0.15, 0.2) is 53.4 Å². The molecule has 2 aromatic carbocycles. The Kier molecular flexibility index (Phi) is 5.75. The summed E-state index contributed by atoms with van der Waals surface area (Å²) < 4.78 is 27.2. The van der Waals surface area contributed by atoms with Crippen LogP contribution in [0.2, 0.25) is 0 Å². The monoisotopic (exact) mass is 400 g/mol. The fraction of sp³-hybridized carbons (Fsp3) is 0.263. The molecule has 1 aliphatic heterocycles. The van der Waals surface area contributed by atoms with Crippen LogP contribution in [-0.4, -0.2) is 48.9 Å². The van der Waals surface area contributed by atoms with E-state index in [0.717, 1.165) is 11.3 Å². The van der Waals surface area contributed by atoms with Crippen LogP contribution in [0.1, 0.15) is 11.1 Å². The first-order valence-electron chi connectivity index (χ1n) is 8.53. The van der Waals surface area contributed by atoms with E-state index >= 15 is 0 Å². The van der Waals surface area contributed by atoms with Gasteiger partial charge in [-0.15, -0.1) is 0 Å². The Morgan fingerprint density at radius 3 is 2.48 bits per heavy atom. The lowest BCUT2D eigenvalue weighted by molar-refractivity contribution is 0.268.